The zero-order chi connectivity index (χ0) is 20.5. The molecule has 0 amide bonds. The van der Waals surface area contributed by atoms with Crippen molar-refractivity contribution in [2.75, 3.05) is 7.11 Å². The third-order valence-corrected chi connectivity index (χ3v) is 5.21. The first-order valence-corrected chi connectivity index (χ1v) is 9.66. The number of rotatable bonds is 4. The first-order valence-electron chi connectivity index (χ1n) is 8.83. The van der Waals surface area contributed by atoms with Gasteiger partial charge in [-0.2, -0.15) is 0 Å². The zero-order valence-corrected chi connectivity index (χ0v) is 17.0. The lowest BCUT2D eigenvalue weighted by Gasteiger charge is -2.13. The minimum Gasteiger partial charge on any atom is -0.469 e. The Hall–Kier alpha value is -2.71. The van der Waals surface area contributed by atoms with Gasteiger partial charge in [0.15, 0.2) is 11.0 Å². The maximum absolute atomic E-state index is 14.7. The highest BCUT2D eigenvalue weighted by molar-refractivity contribution is 7.80. The van der Waals surface area contributed by atoms with Crippen LogP contribution in [0.25, 0.3) is 5.69 Å². The number of benzene rings is 2. The summed E-state index contributed by atoms with van der Waals surface area (Å²) in [5.74, 6) is -0.268. The highest BCUT2D eigenvalue weighted by atomic mass is 35.5. The molecule has 9 heteroatoms. The van der Waals surface area contributed by atoms with Gasteiger partial charge in [-0.15, -0.1) is 22.8 Å². The topological polar surface area (TPSA) is 69.4 Å². The van der Waals surface area contributed by atoms with E-state index < -0.39 is 11.9 Å². The second-order valence-electron chi connectivity index (χ2n) is 6.44. The SMILES string of the molecule is COC(=O)CC[C@@H]1N=C(c2ccccc2F)c2cc(Cl)ccc2-n2c(S)nnc21. The van der Waals surface area contributed by atoms with Crippen LogP contribution in [0.15, 0.2) is 52.6 Å². The Balaban J connectivity index is 1.96. The third kappa shape index (κ3) is 3.65. The monoisotopic (exact) mass is 430 g/mol. The lowest BCUT2D eigenvalue weighted by Crippen LogP contribution is -2.10. The summed E-state index contributed by atoms with van der Waals surface area (Å²) < 4.78 is 21.2. The van der Waals surface area contributed by atoms with E-state index in [0.717, 1.165) is 0 Å². The van der Waals surface area contributed by atoms with Crippen molar-refractivity contribution < 1.29 is 13.9 Å². The number of hydrogen-bond donors (Lipinski definition) is 1. The van der Waals surface area contributed by atoms with Crippen LogP contribution < -0.4 is 0 Å². The average Bonchev–Trinajstić information content (AvgIpc) is 3.03. The Labute approximate surface area is 176 Å². The first kappa shape index (κ1) is 19.6. The summed E-state index contributed by atoms with van der Waals surface area (Å²) in [5.41, 5.74) is 2.06. The van der Waals surface area contributed by atoms with E-state index in [4.69, 9.17) is 21.3 Å². The molecule has 3 aromatic rings. The van der Waals surface area contributed by atoms with Crippen molar-refractivity contribution in [3.63, 3.8) is 0 Å². The molecule has 29 heavy (non-hydrogen) atoms. The molecule has 0 aliphatic carbocycles. The van der Waals surface area contributed by atoms with Gasteiger partial charge in [0.1, 0.15) is 11.9 Å². The van der Waals surface area contributed by atoms with Crippen LogP contribution in [-0.4, -0.2) is 33.6 Å². The van der Waals surface area contributed by atoms with E-state index in [9.17, 15) is 9.18 Å². The van der Waals surface area contributed by atoms with Crippen molar-refractivity contribution in [1.82, 2.24) is 14.8 Å². The number of carbonyl (C=O) groups excluding carboxylic acids is 1. The minimum atomic E-state index is -0.553. The molecule has 0 unspecified atom stereocenters. The lowest BCUT2D eigenvalue weighted by atomic mass is 10.00. The molecular formula is C20H16ClFN4O2S. The van der Waals surface area contributed by atoms with Crippen LogP contribution in [-0.2, 0) is 9.53 Å². The fraction of sp³-hybridized carbons (Fsp3) is 0.200. The van der Waals surface area contributed by atoms with Gasteiger partial charge >= 0.3 is 5.97 Å². The van der Waals surface area contributed by atoms with Gasteiger partial charge in [-0.25, -0.2) is 4.39 Å². The molecule has 0 bridgehead atoms. The predicted octanol–water partition coefficient (Wildman–Crippen LogP) is 4.19. The first-order chi connectivity index (χ1) is 14.0. The third-order valence-electron chi connectivity index (χ3n) is 4.69. The molecule has 4 rings (SSSR count). The van der Waals surface area contributed by atoms with Crippen molar-refractivity contribution in [2.45, 2.75) is 24.0 Å². The Morgan fingerprint density at radius 2 is 2.03 bits per heavy atom. The molecule has 0 spiro atoms. The number of halogens is 2. The van der Waals surface area contributed by atoms with Crippen LogP contribution in [0, 0.1) is 5.82 Å². The Bertz CT molecular complexity index is 1130. The van der Waals surface area contributed by atoms with Gasteiger partial charge in [0, 0.05) is 22.6 Å². The summed E-state index contributed by atoms with van der Waals surface area (Å²) in [5, 5.41) is 9.12. The number of esters is 1. The smallest absolute Gasteiger partial charge is 0.305 e. The Morgan fingerprint density at radius 1 is 1.24 bits per heavy atom. The average molecular weight is 431 g/mol. The van der Waals surface area contributed by atoms with Crippen molar-refractivity contribution in [1.29, 1.82) is 0 Å². The van der Waals surface area contributed by atoms with Gasteiger partial charge < -0.3 is 4.74 Å². The standard InChI is InChI=1S/C20H16ClFN4O2S/c1-28-17(27)9-7-15-19-24-25-20(29)26(19)16-8-6-11(21)10-13(16)18(23-15)12-4-2-3-5-14(12)22/h2-6,8,10,15H,7,9H2,1H3,(H,25,29)/t15-/m0/s1. The maximum atomic E-state index is 14.7. The number of nitrogens with zero attached hydrogens (tertiary/aromatic N) is 4. The van der Waals surface area contributed by atoms with Crippen LogP contribution in [0.4, 0.5) is 4.39 Å². The fourth-order valence-electron chi connectivity index (χ4n) is 3.33. The molecule has 0 saturated carbocycles. The molecule has 1 aliphatic rings. The second-order valence-corrected chi connectivity index (χ2v) is 7.28. The summed E-state index contributed by atoms with van der Waals surface area (Å²) in [4.78, 5) is 16.5. The van der Waals surface area contributed by atoms with Gasteiger partial charge in [-0.05, 0) is 36.8 Å². The van der Waals surface area contributed by atoms with Gasteiger partial charge in [0.25, 0.3) is 0 Å². The van der Waals surface area contributed by atoms with E-state index in [1.54, 1.807) is 41.0 Å². The van der Waals surface area contributed by atoms with Crippen LogP contribution >= 0.6 is 24.2 Å². The van der Waals surface area contributed by atoms with Crippen molar-refractivity contribution in [3.8, 4) is 5.69 Å². The van der Waals surface area contributed by atoms with Gasteiger partial charge in [0.05, 0.1) is 18.5 Å². The second kappa shape index (κ2) is 7.96. The van der Waals surface area contributed by atoms with Gasteiger partial charge in [-0.1, -0.05) is 23.7 Å². The number of fused-ring (bicyclic) bond motifs is 3. The number of ether oxygens (including phenoxy) is 1. The minimum absolute atomic E-state index is 0.126. The molecule has 1 aliphatic heterocycles. The number of carbonyl (C=O) groups is 1. The van der Waals surface area contributed by atoms with E-state index in [0.29, 0.717) is 45.0 Å². The van der Waals surface area contributed by atoms with Gasteiger partial charge in [0.2, 0.25) is 0 Å². The van der Waals surface area contributed by atoms with Crippen LogP contribution in [0.1, 0.15) is 35.8 Å². The highest BCUT2D eigenvalue weighted by Crippen LogP contribution is 2.35. The number of methoxy groups -OCH3 is 1. The van der Waals surface area contributed by atoms with Gasteiger partial charge in [-0.3, -0.25) is 14.4 Å². The molecule has 1 atom stereocenters. The Morgan fingerprint density at radius 3 is 2.79 bits per heavy atom. The fourth-order valence-corrected chi connectivity index (χ4v) is 3.76. The highest BCUT2D eigenvalue weighted by Gasteiger charge is 2.29. The molecule has 0 fully saturated rings. The number of thiol groups is 1. The van der Waals surface area contributed by atoms with E-state index >= 15 is 0 Å². The summed E-state index contributed by atoms with van der Waals surface area (Å²) in [6.07, 6.45) is 0.444. The summed E-state index contributed by atoms with van der Waals surface area (Å²) in [7, 11) is 1.33. The molecule has 0 saturated heterocycles. The number of hydrogen-bond acceptors (Lipinski definition) is 6. The van der Waals surface area contributed by atoms with Crippen LogP contribution in [0.3, 0.4) is 0 Å². The molecule has 1 aromatic heterocycles. The van der Waals surface area contributed by atoms with E-state index in [-0.39, 0.29) is 12.4 Å². The van der Waals surface area contributed by atoms with E-state index in [2.05, 4.69) is 22.8 Å². The summed E-state index contributed by atoms with van der Waals surface area (Å²) in [6, 6.07) is 11.1. The number of aromatic nitrogens is 3. The quantitative estimate of drug-likeness (QED) is 0.497. The molecule has 0 N–H and O–H groups in total. The van der Waals surface area contributed by atoms with Crippen molar-refractivity contribution >= 4 is 35.9 Å². The normalized spacial score (nSPS) is 15.2. The maximum Gasteiger partial charge on any atom is 0.305 e. The molecule has 2 heterocycles. The zero-order valence-electron chi connectivity index (χ0n) is 15.3. The van der Waals surface area contributed by atoms with E-state index in [1.807, 2.05) is 0 Å². The molecule has 0 radical (unpaired) electrons. The molecule has 148 valence electrons. The number of aliphatic imine (C=N–C) groups is 1. The molecule has 6 nitrogen and oxygen atoms in total. The predicted molar refractivity (Wildman–Crippen MR) is 110 cm³/mol. The Kier molecular flexibility index (Phi) is 5.38. The molecule has 2 aromatic carbocycles. The molecular weight excluding hydrogens is 415 g/mol. The summed E-state index contributed by atoms with van der Waals surface area (Å²) >= 11 is 10.7. The van der Waals surface area contributed by atoms with E-state index in [1.165, 1.54) is 13.2 Å². The van der Waals surface area contributed by atoms with Crippen LogP contribution in [0.2, 0.25) is 5.02 Å². The van der Waals surface area contributed by atoms with Crippen molar-refractivity contribution in [2.24, 2.45) is 4.99 Å². The van der Waals surface area contributed by atoms with Crippen LogP contribution in [0.5, 0.6) is 0 Å². The summed E-state index contributed by atoms with van der Waals surface area (Å²) in [6.45, 7) is 0. The largest absolute Gasteiger partial charge is 0.469 e. The van der Waals surface area contributed by atoms with Crippen molar-refractivity contribution in [3.05, 3.63) is 70.3 Å². The lowest BCUT2D eigenvalue weighted by molar-refractivity contribution is -0.140.